The molecule has 0 aromatic carbocycles. The van der Waals surface area contributed by atoms with Crippen LogP contribution in [-0.4, -0.2) is 86.6 Å². The quantitative estimate of drug-likeness (QED) is 0.503. The molecule has 3 fully saturated rings. The smallest absolute Gasteiger partial charge is 0.191 e. The van der Waals surface area contributed by atoms with Crippen LogP contribution in [0, 0.1) is 11.3 Å². The van der Waals surface area contributed by atoms with Crippen LogP contribution < -0.4 is 10.6 Å². The highest BCUT2D eigenvalue weighted by Gasteiger charge is 2.41. The first-order chi connectivity index (χ1) is 13.9. The molecule has 3 unspecified atom stereocenters. The van der Waals surface area contributed by atoms with Gasteiger partial charge in [-0.25, -0.2) is 0 Å². The van der Waals surface area contributed by atoms with Gasteiger partial charge in [0.25, 0.3) is 0 Å². The molecule has 3 aliphatic rings. The van der Waals surface area contributed by atoms with Gasteiger partial charge in [0.1, 0.15) is 0 Å². The van der Waals surface area contributed by atoms with E-state index in [4.69, 9.17) is 14.5 Å². The van der Waals surface area contributed by atoms with Crippen molar-refractivity contribution in [3.63, 3.8) is 0 Å². The lowest BCUT2D eigenvalue weighted by atomic mass is 9.78. The minimum Gasteiger partial charge on any atom is -0.379 e. The molecule has 3 aliphatic heterocycles. The van der Waals surface area contributed by atoms with E-state index in [1.54, 1.807) is 0 Å². The van der Waals surface area contributed by atoms with E-state index >= 15 is 0 Å². The Balaban J connectivity index is 1.62. The molecule has 0 amide bonds. The summed E-state index contributed by atoms with van der Waals surface area (Å²) in [5.41, 5.74) is 0.364. The molecule has 0 aliphatic carbocycles. The zero-order chi connectivity index (χ0) is 20.7. The van der Waals surface area contributed by atoms with Gasteiger partial charge < -0.3 is 20.1 Å². The lowest BCUT2D eigenvalue weighted by Crippen LogP contribution is -2.56. The van der Waals surface area contributed by atoms with Crippen LogP contribution in [0.25, 0.3) is 0 Å². The van der Waals surface area contributed by atoms with Crippen LogP contribution in [0.5, 0.6) is 0 Å². The Labute approximate surface area is 181 Å². The summed E-state index contributed by atoms with van der Waals surface area (Å²) in [6, 6.07) is 0. The van der Waals surface area contributed by atoms with E-state index in [1.807, 2.05) is 0 Å². The SMILES string of the molecule is CCNC(=NCC1(N2CCOCC2)CCSC1)NCC1CCCOC1C(C)(C)C. The number of guanidine groups is 1. The molecule has 168 valence electrons. The molecule has 0 aromatic rings. The second-order valence-corrected chi connectivity index (χ2v) is 10.9. The number of aliphatic imine (C=N–C) groups is 1. The summed E-state index contributed by atoms with van der Waals surface area (Å²) >= 11 is 2.07. The molecule has 2 N–H and O–H groups in total. The molecule has 0 spiro atoms. The molecule has 0 bridgehead atoms. The maximum absolute atomic E-state index is 6.16. The predicted molar refractivity (Wildman–Crippen MR) is 123 cm³/mol. The number of thioether (sulfide) groups is 1. The monoisotopic (exact) mass is 426 g/mol. The van der Waals surface area contributed by atoms with Gasteiger partial charge in [-0.1, -0.05) is 20.8 Å². The maximum atomic E-state index is 6.16. The standard InChI is InChI=1S/C22H42N4O2S/c1-5-23-20(24-15-18-7-6-11-28-19(18)21(2,3)4)25-16-22(8-14-29-17-22)26-9-12-27-13-10-26/h18-19H,5-17H2,1-4H3,(H2,23,24,25). The van der Waals surface area contributed by atoms with E-state index in [1.165, 1.54) is 24.3 Å². The van der Waals surface area contributed by atoms with Crippen molar-refractivity contribution >= 4 is 17.7 Å². The first kappa shape index (κ1) is 23.2. The van der Waals surface area contributed by atoms with Crippen LogP contribution in [-0.2, 0) is 9.47 Å². The highest BCUT2D eigenvalue weighted by Crippen LogP contribution is 2.35. The molecular weight excluding hydrogens is 384 g/mol. The molecule has 6 nitrogen and oxygen atoms in total. The highest BCUT2D eigenvalue weighted by atomic mass is 32.2. The Hall–Kier alpha value is -0.500. The fraction of sp³-hybridized carbons (Fsp3) is 0.955. The summed E-state index contributed by atoms with van der Waals surface area (Å²) in [4.78, 5) is 7.71. The minimum absolute atomic E-state index is 0.170. The average molecular weight is 427 g/mol. The van der Waals surface area contributed by atoms with E-state index in [2.05, 4.69) is 55.0 Å². The van der Waals surface area contributed by atoms with Crippen molar-refractivity contribution in [2.24, 2.45) is 16.3 Å². The fourth-order valence-electron chi connectivity index (χ4n) is 4.91. The zero-order valence-corrected chi connectivity index (χ0v) is 19.8. The van der Waals surface area contributed by atoms with Gasteiger partial charge in [-0.15, -0.1) is 0 Å². The fourth-order valence-corrected chi connectivity index (χ4v) is 6.38. The van der Waals surface area contributed by atoms with Crippen LogP contribution in [0.3, 0.4) is 0 Å². The van der Waals surface area contributed by atoms with Crippen molar-refractivity contribution in [3.05, 3.63) is 0 Å². The first-order valence-corrected chi connectivity index (χ1v) is 12.6. The van der Waals surface area contributed by atoms with Gasteiger partial charge in [0.2, 0.25) is 0 Å². The third-order valence-electron chi connectivity index (χ3n) is 6.47. The number of rotatable bonds is 6. The van der Waals surface area contributed by atoms with E-state index in [9.17, 15) is 0 Å². The van der Waals surface area contributed by atoms with Crippen molar-refractivity contribution < 1.29 is 9.47 Å². The van der Waals surface area contributed by atoms with E-state index in [-0.39, 0.29) is 11.0 Å². The largest absolute Gasteiger partial charge is 0.379 e. The Morgan fingerprint density at radius 2 is 2.00 bits per heavy atom. The van der Waals surface area contributed by atoms with Gasteiger partial charge in [0, 0.05) is 44.5 Å². The maximum Gasteiger partial charge on any atom is 0.191 e. The van der Waals surface area contributed by atoms with Crippen LogP contribution >= 0.6 is 11.8 Å². The van der Waals surface area contributed by atoms with Crippen molar-refractivity contribution in [3.8, 4) is 0 Å². The molecule has 0 radical (unpaired) electrons. The number of morpholine rings is 1. The topological polar surface area (TPSA) is 58.1 Å². The Morgan fingerprint density at radius 1 is 1.21 bits per heavy atom. The third-order valence-corrected chi connectivity index (χ3v) is 7.70. The average Bonchev–Trinajstić information content (AvgIpc) is 3.20. The molecule has 0 aromatic heterocycles. The van der Waals surface area contributed by atoms with Gasteiger partial charge in [0.15, 0.2) is 5.96 Å². The van der Waals surface area contributed by atoms with E-state index < -0.39 is 0 Å². The van der Waals surface area contributed by atoms with Crippen molar-refractivity contribution in [2.45, 2.75) is 58.6 Å². The second-order valence-electron chi connectivity index (χ2n) is 9.76. The Bertz CT molecular complexity index is 525. The van der Waals surface area contributed by atoms with Crippen molar-refractivity contribution in [1.82, 2.24) is 15.5 Å². The Kier molecular flexibility index (Phi) is 8.54. The summed E-state index contributed by atoms with van der Waals surface area (Å²) in [6.07, 6.45) is 3.91. The molecule has 3 rings (SSSR count). The van der Waals surface area contributed by atoms with Crippen molar-refractivity contribution in [2.75, 3.05) is 64.1 Å². The van der Waals surface area contributed by atoms with E-state index in [0.717, 1.165) is 64.9 Å². The summed E-state index contributed by atoms with van der Waals surface area (Å²) < 4.78 is 11.8. The molecule has 7 heteroatoms. The first-order valence-electron chi connectivity index (χ1n) is 11.5. The van der Waals surface area contributed by atoms with Gasteiger partial charge in [0.05, 0.1) is 31.4 Å². The van der Waals surface area contributed by atoms with Crippen LogP contribution in [0.1, 0.15) is 47.0 Å². The minimum atomic E-state index is 0.170. The van der Waals surface area contributed by atoms with Crippen molar-refractivity contribution in [1.29, 1.82) is 0 Å². The summed E-state index contributed by atoms with van der Waals surface area (Å²) in [5.74, 6) is 3.90. The summed E-state index contributed by atoms with van der Waals surface area (Å²) in [6.45, 7) is 16.3. The predicted octanol–water partition coefficient (Wildman–Crippen LogP) is 2.59. The zero-order valence-electron chi connectivity index (χ0n) is 19.0. The number of nitrogens with one attached hydrogen (secondary N) is 2. The number of hydrogen-bond acceptors (Lipinski definition) is 5. The molecule has 3 saturated heterocycles. The normalized spacial score (nSPS) is 32.3. The summed E-state index contributed by atoms with van der Waals surface area (Å²) in [5, 5.41) is 7.11. The van der Waals surface area contributed by atoms with Crippen LogP contribution in [0.4, 0.5) is 0 Å². The van der Waals surface area contributed by atoms with Gasteiger partial charge in [-0.3, -0.25) is 9.89 Å². The third kappa shape index (κ3) is 6.25. The molecule has 3 heterocycles. The molecule has 29 heavy (non-hydrogen) atoms. The second kappa shape index (κ2) is 10.7. The Morgan fingerprint density at radius 3 is 2.66 bits per heavy atom. The molecule has 3 atom stereocenters. The number of nitrogens with zero attached hydrogens (tertiary/aromatic N) is 2. The van der Waals surface area contributed by atoms with Crippen LogP contribution in [0.2, 0.25) is 0 Å². The lowest BCUT2D eigenvalue weighted by molar-refractivity contribution is -0.0835. The lowest BCUT2D eigenvalue weighted by Gasteiger charge is -2.42. The highest BCUT2D eigenvalue weighted by molar-refractivity contribution is 7.99. The van der Waals surface area contributed by atoms with Gasteiger partial charge >= 0.3 is 0 Å². The number of ether oxygens (including phenoxy) is 2. The van der Waals surface area contributed by atoms with Crippen LogP contribution in [0.15, 0.2) is 4.99 Å². The van der Waals surface area contributed by atoms with E-state index in [0.29, 0.717) is 12.0 Å². The molecular formula is C22H42N4O2S. The van der Waals surface area contributed by atoms with Gasteiger partial charge in [-0.05, 0) is 37.4 Å². The molecule has 0 saturated carbocycles. The van der Waals surface area contributed by atoms with Gasteiger partial charge in [-0.2, -0.15) is 11.8 Å². The number of hydrogen-bond donors (Lipinski definition) is 2. The summed E-state index contributed by atoms with van der Waals surface area (Å²) in [7, 11) is 0.